The first kappa shape index (κ1) is 44.2. The van der Waals surface area contributed by atoms with Crippen molar-refractivity contribution in [1.82, 2.24) is 0 Å². The molecule has 1 aromatic heterocycles. The molecule has 0 amide bonds. The molecule has 0 saturated heterocycles. The third kappa shape index (κ3) is 6.33. The van der Waals surface area contributed by atoms with E-state index >= 15 is 0 Å². The van der Waals surface area contributed by atoms with Crippen LogP contribution in [0.5, 0.6) is 0 Å². The lowest BCUT2D eigenvalue weighted by molar-refractivity contribution is 0.332. The topological polar surface area (TPSA) is 6.48 Å². The van der Waals surface area contributed by atoms with Gasteiger partial charge in [0.05, 0.1) is 5.69 Å². The Bertz CT molecular complexity index is 3280. The van der Waals surface area contributed by atoms with Crippen LogP contribution in [0.4, 0.5) is 34.1 Å². The average Bonchev–Trinajstić information content (AvgIpc) is 3.66. The van der Waals surface area contributed by atoms with Crippen molar-refractivity contribution in [1.29, 1.82) is 0 Å². The molecular formula is C64H71BN2S. The quantitative estimate of drug-likeness (QED) is 0.163. The summed E-state index contributed by atoms with van der Waals surface area (Å²) in [4.78, 5) is 5.46. The number of anilines is 6. The molecule has 6 aromatic carbocycles. The zero-order valence-corrected chi connectivity index (χ0v) is 44.3. The van der Waals surface area contributed by atoms with Gasteiger partial charge in [-0.2, -0.15) is 0 Å². The summed E-state index contributed by atoms with van der Waals surface area (Å²) in [6, 6.07) is 41.5. The molecule has 2 aliphatic heterocycles. The lowest BCUT2D eigenvalue weighted by Crippen LogP contribution is -2.61. The van der Waals surface area contributed by atoms with Crippen molar-refractivity contribution in [3.05, 3.63) is 148 Å². The highest BCUT2D eigenvalue weighted by Crippen LogP contribution is 2.56. The van der Waals surface area contributed by atoms with Crippen LogP contribution in [0.25, 0.3) is 21.2 Å². The largest absolute Gasteiger partial charge is 0.311 e. The highest BCUT2D eigenvalue weighted by molar-refractivity contribution is 7.33. The summed E-state index contributed by atoms with van der Waals surface area (Å²) < 4.78 is 2.89. The fraction of sp³-hybridized carbons (Fsp3) is 0.406. The molecule has 3 heterocycles. The summed E-state index contributed by atoms with van der Waals surface area (Å²) >= 11 is 2.08. The van der Waals surface area contributed by atoms with E-state index in [2.05, 4.69) is 221 Å². The third-order valence-corrected chi connectivity index (χ3v) is 19.6. The van der Waals surface area contributed by atoms with Crippen molar-refractivity contribution in [3.8, 4) is 11.1 Å². The first-order valence-corrected chi connectivity index (χ1v) is 26.7. The second-order valence-electron chi connectivity index (χ2n) is 25.9. The molecule has 2 nitrogen and oxygen atoms in total. The molecule has 0 radical (unpaired) electrons. The first-order chi connectivity index (χ1) is 32.0. The average molecular weight is 911 g/mol. The zero-order valence-electron chi connectivity index (χ0n) is 43.4. The number of hydrogen-bond acceptors (Lipinski definition) is 3. The predicted octanol–water partition coefficient (Wildman–Crippen LogP) is 16.3. The van der Waals surface area contributed by atoms with Crippen LogP contribution in [0.1, 0.15) is 166 Å². The predicted molar refractivity (Wildman–Crippen MR) is 297 cm³/mol. The summed E-state index contributed by atoms with van der Waals surface area (Å²) in [5.41, 5.74) is 25.6. The van der Waals surface area contributed by atoms with Crippen molar-refractivity contribution < 1.29 is 0 Å². The molecule has 68 heavy (non-hydrogen) atoms. The fourth-order valence-corrected chi connectivity index (χ4v) is 15.0. The second kappa shape index (κ2) is 14.3. The Morgan fingerprint density at radius 1 is 0.441 bits per heavy atom. The number of aryl methyl sites for hydroxylation is 2. The molecule has 0 fully saturated rings. The molecule has 5 aliphatic rings. The smallest absolute Gasteiger partial charge is 0.264 e. The maximum atomic E-state index is 2.73. The number of rotatable bonds is 3. The van der Waals surface area contributed by atoms with Crippen LogP contribution in [0.3, 0.4) is 0 Å². The highest BCUT2D eigenvalue weighted by Gasteiger charge is 2.49. The van der Waals surface area contributed by atoms with Gasteiger partial charge in [-0.15, -0.1) is 11.3 Å². The molecule has 4 heteroatoms. The van der Waals surface area contributed by atoms with Crippen LogP contribution < -0.4 is 25.5 Å². The lowest BCUT2D eigenvalue weighted by atomic mass is 9.35. The van der Waals surface area contributed by atoms with E-state index in [1.54, 1.807) is 0 Å². The summed E-state index contributed by atoms with van der Waals surface area (Å²) in [6.45, 7) is 34.6. The summed E-state index contributed by atoms with van der Waals surface area (Å²) in [5, 5.41) is 1.40. The van der Waals surface area contributed by atoms with E-state index in [9.17, 15) is 0 Å². The van der Waals surface area contributed by atoms with Gasteiger partial charge in [-0.25, -0.2) is 0 Å². The van der Waals surface area contributed by atoms with Gasteiger partial charge in [-0.3, -0.25) is 0 Å². The van der Waals surface area contributed by atoms with Gasteiger partial charge in [0.25, 0.3) is 6.71 Å². The van der Waals surface area contributed by atoms with Crippen molar-refractivity contribution in [2.45, 2.75) is 168 Å². The van der Waals surface area contributed by atoms with Gasteiger partial charge in [0.2, 0.25) is 0 Å². The Morgan fingerprint density at radius 2 is 0.971 bits per heavy atom. The molecule has 0 atom stereocenters. The molecule has 0 N–H and O–H groups in total. The van der Waals surface area contributed by atoms with E-state index in [-0.39, 0.29) is 39.2 Å². The maximum absolute atomic E-state index is 2.73. The fourth-order valence-electron chi connectivity index (χ4n) is 13.6. The number of hydrogen-bond donors (Lipinski definition) is 0. The number of fused-ring (bicyclic) bond motifs is 9. The van der Waals surface area contributed by atoms with Crippen LogP contribution in [-0.2, 0) is 32.5 Å². The van der Waals surface area contributed by atoms with E-state index in [1.807, 2.05) is 0 Å². The van der Waals surface area contributed by atoms with Crippen molar-refractivity contribution in [2.24, 2.45) is 0 Å². The molecule has 3 aliphatic carbocycles. The SMILES string of the molecule is Cc1cc2c3c(c1)N(c1cc(-c4ccccc4)ccc1C)c1c(sc4cc5c(cc14)C(C)(C)CCC5(C)C)B3c1cc3c(cc1N2c1ccc2c(c1)C(C)(C)CCC2(C)C)C(C)(C)CCC3(C)C. The summed E-state index contributed by atoms with van der Waals surface area (Å²) in [5.74, 6) is 0. The van der Waals surface area contributed by atoms with Gasteiger partial charge in [0.1, 0.15) is 0 Å². The van der Waals surface area contributed by atoms with Gasteiger partial charge in [-0.1, -0.05) is 138 Å². The van der Waals surface area contributed by atoms with Crippen LogP contribution >= 0.6 is 11.3 Å². The summed E-state index contributed by atoms with van der Waals surface area (Å²) in [6.07, 6.45) is 7.17. The number of benzene rings is 6. The summed E-state index contributed by atoms with van der Waals surface area (Å²) in [7, 11) is 0. The Balaban J connectivity index is 1.22. The molecule has 0 spiro atoms. The van der Waals surface area contributed by atoms with E-state index in [0.29, 0.717) is 0 Å². The minimum Gasteiger partial charge on any atom is -0.311 e. The standard InChI is InChI=1S/C64H71BN2S/c1-38-30-53-56-54(31-38)67(51-32-41(21-20-39(51)2)40-18-16-15-17-19-40)57-43-34-46-49(64(13,14)29-26-61(46,7)8)37-55(43)68-58(57)65(56)50-35-47-48(63(11,12)28-27-62(47,9)10)36-52(50)66(53)42-22-23-44-45(33-42)60(5,6)25-24-59(44,3)4/h15-23,30-37H,24-29H2,1-14H3. The molecule has 346 valence electrons. The first-order valence-electron chi connectivity index (χ1n) is 25.8. The van der Waals surface area contributed by atoms with Gasteiger partial charge >= 0.3 is 0 Å². The van der Waals surface area contributed by atoms with Gasteiger partial charge < -0.3 is 9.80 Å². The normalized spacial score (nSPS) is 20.5. The Morgan fingerprint density at radius 3 is 1.59 bits per heavy atom. The van der Waals surface area contributed by atoms with Gasteiger partial charge in [0, 0.05) is 43.3 Å². The molecule has 12 rings (SSSR count). The molecule has 7 aromatic rings. The molecule has 0 bridgehead atoms. The van der Waals surface area contributed by atoms with Crippen LogP contribution in [0.15, 0.2) is 103 Å². The van der Waals surface area contributed by atoms with Crippen LogP contribution in [-0.4, -0.2) is 6.71 Å². The van der Waals surface area contributed by atoms with Crippen molar-refractivity contribution >= 4 is 78.0 Å². The Hall–Kier alpha value is -5.06. The van der Waals surface area contributed by atoms with Crippen LogP contribution in [0, 0.1) is 13.8 Å². The van der Waals surface area contributed by atoms with Gasteiger partial charge in [0.15, 0.2) is 0 Å². The van der Waals surface area contributed by atoms with Crippen molar-refractivity contribution in [2.75, 3.05) is 9.80 Å². The number of nitrogens with zero attached hydrogens (tertiary/aromatic N) is 2. The van der Waals surface area contributed by atoms with Crippen molar-refractivity contribution in [3.63, 3.8) is 0 Å². The molecule has 0 saturated carbocycles. The second-order valence-corrected chi connectivity index (χ2v) is 27.0. The van der Waals surface area contributed by atoms with E-state index < -0.39 is 0 Å². The lowest BCUT2D eigenvalue weighted by Gasteiger charge is -2.47. The molecular weight excluding hydrogens is 840 g/mol. The Labute approximate surface area is 412 Å². The molecule has 0 unspecified atom stereocenters. The van der Waals surface area contributed by atoms with Gasteiger partial charge in [-0.05, 0) is 200 Å². The van der Waals surface area contributed by atoms with E-state index in [0.717, 1.165) is 0 Å². The minimum atomic E-state index is 0.0669. The number of thiophene rings is 1. The zero-order chi connectivity index (χ0) is 47.8. The van der Waals surface area contributed by atoms with Crippen LogP contribution in [0.2, 0.25) is 0 Å². The monoisotopic (exact) mass is 911 g/mol. The third-order valence-electron chi connectivity index (χ3n) is 18.4. The van der Waals surface area contributed by atoms with E-state index in [4.69, 9.17) is 0 Å². The maximum Gasteiger partial charge on any atom is 0.264 e. The van der Waals surface area contributed by atoms with E-state index in [1.165, 1.54) is 154 Å². The highest BCUT2D eigenvalue weighted by atomic mass is 32.1. The Kier molecular flexibility index (Phi) is 9.27. The minimum absolute atomic E-state index is 0.0669.